The van der Waals surface area contributed by atoms with Gasteiger partial charge in [-0.15, -0.1) is 11.3 Å². The quantitative estimate of drug-likeness (QED) is 0.478. The van der Waals surface area contributed by atoms with Gasteiger partial charge in [0, 0.05) is 10.9 Å². The Bertz CT molecular complexity index is 1020. The van der Waals surface area contributed by atoms with Crippen molar-refractivity contribution >= 4 is 22.7 Å². The molecule has 0 amide bonds. The second kappa shape index (κ2) is 8.88. The third-order valence-corrected chi connectivity index (χ3v) is 4.73. The van der Waals surface area contributed by atoms with Crippen LogP contribution in [0, 0.1) is 11.3 Å². The summed E-state index contributed by atoms with van der Waals surface area (Å²) in [5.41, 5.74) is 5.40. The molecule has 1 aromatic heterocycles. The van der Waals surface area contributed by atoms with Crippen molar-refractivity contribution < 1.29 is 14.2 Å². The van der Waals surface area contributed by atoms with Crippen LogP contribution in [0.15, 0.2) is 52.9 Å². The van der Waals surface area contributed by atoms with Gasteiger partial charge in [0.1, 0.15) is 11.8 Å². The first-order chi connectivity index (χ1) is 13.7. The first-order valence-corrected chi connectivity index (χ1v) is 9.12. The van der Waals surface area contributed by atoms with Gasteiger partial charge in [-0.3, -0.25) is 5.43 Å². The lowest BCUT2D eigenvalue weighted by Gasteiger charge is -2.08. The van der Waals surface area contributed by atoms with E-state index in [0.29, 0.717) is 16.5 Å². The number of aromatic nitrogens is 1. The van der Waals surface area contributed by atoms with E-state index < -0.39 is 0 Å². The zero-order valence-corrected chi connectivity index (χ0v) is 16.4. The van der Waals surface area contributed by atoms with Crippen LogP contribution in [0.25, 0.3) is 11.3 Å². The molecule has 3 rings (SSSR count). The van der Waals surface area contributed by atoms with E-state index in [0.717, 1.165) is 22.7 Å². The van der Waals surface area contributed by atoms with Crippen LogP contribution < -0.4 is 19.6 Å². The van der Waals surface area contributed by atoms with E-state index in [1.165, 1.54) is 11.3 Å². The lowest BCUT2D eigenvalue weighted by atomic mass is 10.1. The van der Waals surface area contributed by atoms with Crippen LogP contribution in [0.5, 0.6) is 17.2 Å². The van der Waals surface area contributed by atoms with Crippen molar-refractivity contribution in [2.45, 2.75) is 0 Å². The van der Waals surface area contributed by atoms with Gasteiger partial charge in [-0.05, 0) is 42.5 Å². The summed E-state index contributed by atoms with van der Waals surface area (Å²) in [5.74, 6) is 2.00. The molecule has 0 bridgehead atoms. The van der Waals surface area contributed by atoms with E-state index >= 15 is 0 Å². The fourth-order valence-corrected chi connectivity index (χ4v) is 3.18. The van der Waals surface area contributed by atoms with E-state index in [2.05, 4.69) is 21.6 Å². The summed E-state index contributed by atoms with van der Waals surface area (Å²) in [6.07, 6.45) is 0. The molecule has 1 heterocycles. The van der Waals surface area contributed by atoms with Crippen LogP contribution in [0.3, 0.4) is 0 Å². The predicted octanol–water partition coefficient (Wildman–Crippen LogP) is 4.18. The van der Waals surface area contributed by atoms with Gasteiger partial charge in [0.25, 0.3) is 0 Å². The van der Waals surface area contributed by atoms with Crippen LogP contribution >= 0.6 is 11.3 Å². The van der Waals surface area contributed by atoms with Crippen molar-refractivity contribution in [3.8, 4) is 34.6 Å². The number of benzene rings is 2. The van der Waals surface area contributed by atoms with Gasteiger partial charge in [0.15, 0.2) is 22.2 Å². The first-order valence-electron chi connectivity index (χ1n) is 8.24. The highest BCUT2D eigenvalue weighted by Crippen LogP contribution is 2.32. The Balaban J connectivity index is 1.81. The maximum Gasteiger partial charge on any atom is 0.196 e. The van der Waals surface area contributed by atoms with Crippen molar-refractivity contribution in [1.29, 1.82) is 5.26 Å². The fourth-order valence-electron chi connectivity index (χ4n) is 2.42. The van der Waals surface area contributed by atoms with Crippen LogP contribution in [0.4, 0.5) is 5.69 Å². The molecule has 7 nitrogen and oxygen atoms in total. The molecule has 0 atom stereocenters. The molecule has 142 valence electrons. The minimum absolute atomic E-state index is 0.201. The number of thiazole rings is 1. The molecule has 3 aromatic rings. The Morgan fingerprint density at radius 3 is 2.43 bits per heavy atom. The van der Waals surface area contributed by atoms with Crippen LogP contribution in [0.1, 0.15) is 5.01 Å². The summed E-state index contributed by atoms with van der Waals surface area (Å²) in [7, 11) is 4.77. The monoisotopic (exact) mass is 394 g/mol. The van der Waals surface area contributed by atoms with Crippen molar-refractivity contribution in [1.82, 2.24) is 4.98 Å². The van der Waals surface area contributed by atoms with Crippen molar-refractivity contribution in [2.24, 2.45) is 5.10 Å². The highest BCUT2D eigenvalue weighted by Gasteiger charge is 2.13. The van der Waals surface area contributed by atoms with Crippen LogP contribution in [-0.4, -0.2) is 32.0 Å². The Morgan fingerprint density at radius 1 is 1.04 bits per heavy atom. The molecule has 0 radical (unpaired) electrons. The Hall–Kier alpha value is -3.57. The van der Waals surface area contributed by atoms with Gasteiger partial charge in [-0.1, -0.05) is 0 Å². The Labute approximate surface area is 166 Å². The van der Waals surface area contributed by atoms with Crippen molar-refractivity contribution in [3.05, 3.63) is 52.9 Å². The first kappa shape index (κ1) is 19.2. The summed E-state index contributed by atoms with van der Waals surface area (Å²) in [4.78, 5) is 4.53. The van der Waals surface area contributed by atoms with E-state index in [1.54, 1.807) is 21.3 Å². The molecule has 0 aliphatic heterocycles. The number of hydrogen-bond acceptors (Lipinski definition) is 8. The second-order valence-corrected chi connectivity index (χ2v) is 6.38. The number of anilines is 1. The number of nitriles is 1. The summed E-state index contributed by atoms with van der Waals surface area (Å²) < 4.78 is 15.7. The third-order valence-electron chi connectivity index (χ3n) is 3.88. The van der Waals surface area contributed by atoms with Gasteiger partial charge >= 0.3 is 0 Å². The van der Waals surface area contributed by atoms with Crippen molar-refractivity contribution in [2.75, 3.05) is 26.8 Å². The summed E-state index contributed by atoms with van der Waals surface area (Å²) in [5, 5.41) is 16.0. The average Bonchev–Trinajstić information content (AvgIpc) is 3.24. The van der Waals surface area contributed by atoms with Crippen LogP contribution in [0.2, 0.25) is 0 Å². The largest absolute Gasteiger partial charge is 0.497 e. The maximum atomic E-state index is 9.46. The van der Waals surface area contributed by atoms with Crippen LogP contribution in [-0.2, 0) is 0 Å². The Kier molecular flexibility index (Phi) is 6.09. The molecule has 0 fully saturated rings. The summed E-state index contributed by atoms with van der Waals surface area (Å²) >= 11 is 1.35. The molecule has 2 aromatic carbocycles. The zero-order valence-electron chi connectivity index (χ0n) is 15.6. The van der Waals surface area contributed by atoms with Gasteiger partial charge in [-0.2, -0.15) is 10.4 Å². The maximum absolute atomic E-state index is 9.46. The topological polar surface area (TPSA) is 88.8 Å². The summed E-state index contributed by atoms with van der Waals surface area (Å²) in [6.45, 7) is 0. The van der Waals surface area contributed by atoms with E-state index in [1.807, 2.05) is 47.8 Å². The molecule has 1 N–H and O–H groups in total. The van der Waals surface area contributed by atoms with Gasteiger partial charge in [0.2, 0.25) is 0 Å². The fraction of sp³-hybridized carbons (Fsp3) is 0.150. The highest BCUT2D eigenvalue weighted by atomic mass is 32.1. The molecule has 0 saturated carbocycles. The molecular weight excluding hydrogens is 376 g/mol. The third kappa shape index (κ3) is 4.22. The van der Waals surface area contributed by atoms with E-state index in [9.17, 15) is 5.26 Å². The SMILES string of the molecule is COc1ccc(N/N=C(/C#N)c2nc(-c3ccc(OC)c(OC)c3)cs2)cc1. The Morgan fingerprint density at radius 2 is 1.79 bits per heavy atom. The lowest BCUT2D eigenvalue weighted by Crippen LogP contribution is -2.01. The van der Waals surface area contributed by atoms with E-state index in [4.69, 9.17) is 14.2 Å². The molecule has 8 heteroatoms. The van der Waals surface area contributed by atoms with Gasteiger partial charge in [0.05, 0.1) is 32.7 Å². The number of nitrogens with zero attached hydrogens (tertiary/aromatic N) is 3. The molecule has 0 unspecified atom stereocenters. The molecule has 0 aliphatic rings. The molecule has 0 saturated heterocycles. The lowest BCUT2D eigenvalue weighted by molar-refractivity contribution is 0.355. The van der Waals surface area contributed by atoms with Gasteiger partial charge in [-0.25, -0.2) is 4.98 Å². The standard InChI is InChI=1S/C20H18N4O3S/c1-25-15-7-5-14(6-8-15)23-24-16(11-21)20-22-17(12-28-20)13-4-9-18(26-2)19(10-13)27-3/h4-10,12,23H,1-3H3/b24-16-. The smallest absolute Gasteiger partial charge is 0.196 e. The average molecular weight is 394 g/mol. The normalized spacial score (nSPS) is 10.9. The van der Waals surface area contributed by atoms with E-state index in [-0.39, 0.29) is 5.71 Å². The zero-order chi connectivity index (χ0) is 19.9. The highest BCUT2D eigenvalue weighted by molar-refractivity contribution is 7.12. The number of methoxy groups -OCH3 is 3. The van der Waals surface area contributed by atoms with Crippen molar-refractivity contribution in [3.63, 3.8) is 0 Å². The second-order valence-electron chi connectivity index (χ2n) is 5.52. The summed E-state index contributed by atoms with van der Waals surface area (Å²) in [6, 6.07) is 14.9. The molecule has 0 spiro atoms. The molecule has 0 aliphatic carbocycles. The number of nitrogens with one attached hydrogen (secondary N) is 1. The van der Waals surface area contributed by atoms with Gasteiger partial charge < -0.3 is 14.2 Å². The number of rotatable bonds is 7. The minimum Gasteiger partial charge on any atom is -0.497 e. The predicted molar refractivity (Wildman–Crippen MR) is 109 cm³/mol. The molecular formula is C20H18N4O3S. The minimum atomic E-state index is 0.201. The number of hydrazone groups is 1. The number of hydrogen-bond donors (Lipinski definition) is 1. The number of ether oxygens (including phenoxy) is 3. The molecule has 28 heavy (non-hydrogen) atoms.